The van der Waals surface area contributed by atoms with E-state index in [1.807, 2.05) is 12.1 Å². The van der Waals surface area contributed by atoms with Gasteiger partial charge in [-0.15, -0.1) is 0 Å². The number of methoxy groups -OCH3 is 2. The van der Waals surface area contributed by atoms with Gasteiger partial charge < -0.3 is 9.47 Å². The van der Waals surface area contributed by atoms with E-state index in [9.17, 15) is 4.79 Å². The molecule has 1 aliphatic carbocycles. The van der Waals surface area contributed by atoms with Crippen molar-refractivity contribution >= 4 is 5.78 Å². The Bertz CT molecular complexity index is 880. The van der Waals surface area contributed by atoms with Gasteiger partial charge in [0.1, 0.15) is 0 Å². The maximum Gasteiger partial charge on any atom is 0.189 e. The fourth-order valence-electron chi connectivity index (χ4n) is 4.28. The Kier molecular flexibility index (Phi) is 6.75. The summed E-state index contributed by atoms with van der Waals surface area (Å²) in [5.74, 6) is 1.92. The number of ether oxygens (including phenoxy) is 2. The Balaban J connectivity index is 0.00000240. The largest absolute Gasteiger partial charge is 0.493 e. The van der Waals surface area contributed by atoms with Crippen LogP contribution in [0.3, 0.4) is 0 Å². The second kappa shape index (κ2) is 9.27. The average molecular weight is 394 g/mol. The first kappa shape index (κ1) is 21.1. The van der Waals surface area contributed by atoms with E-state index in [0.717, 1.165) is 49.2 Å². The fraction of sp³-hybridized carbons (Fsp3) is 0.400. The van der Waals surface area contributed by atoms with E-state index < -0.39 is 0 Å². The summed E-state index contributed by atoms with van der Waals surface area (Å²) in [7, 11) is 3.23. The number of ketones is 1. The van der Waals surface area contributed by atoms with Gasteiger partial charge in [0.05, 0.1) is 14.2 Å². The lowest BCUT2D eigenvalue weighted by atomic mass is 9.93. The maximum atomic E-state index is 12.9. The number of fused-ring (bicyclic) bond motifs is 1. The third kappa shape index (κ3) is 4.54. The molecule has 0 bridgehead atoms. The van der Waals surface area contributed by atoms with Crippen molar-refractivity contribution in [2.24, 2.45) is 5.92 Å². The summed E-state index contributed by atoms with van der Waals surface area (Å²) >= 11 is 0. The van der Waals surface area contributed by atoms with Crippen molar-refractivity contribution in [3.05, 3.63) is 70.8 Å². The molecule has 2 aromatic rings. The van der Waals surface area contributed by atoms with Gasteiger partial charge >= 0.3 is 0 Å². The topological polar surface area (TPSA) is 38.8 Å². The standard InChI is InChI=1S/C24H27NO3.CH4/c1-27-22-14-19-13-20(24(26)21(19)15-23(22)28-2)12-17-8-10-25(11-9-17)16-18-6-4-3-5-7-18;/h3-7,12,14-15,17H,8-11,13,16H2,1-2H3;1H4. The molecule has 0 radical (unpaired) electrons. The van der Waals surface area contributed by atoms with Crippen LogP contribution in [0.4, 0.5) is 0 Å². The number of rotatable bonds is 5. The maximum absolute atomic E-state index is 12.9. The normalized spacial score (nSPS) is 18.4. The lowest BCUT2D eigenvalue weighted by molar-refractivity contribution is 0.103. The predicted octanol–water partition coefficient (Wildman–Crippen LogP) is 4.92. The molecule has 1 aliphatic heterocycles. The summed E-state index contributed by atoms with van der Waals surface area (Å²) in [6.45, 7) is 3.16. The number of allylic oxidation sites excluding steroid dienone is 2. The monoisotopic (exact) mass is 393 g/mol. The quantitative estimate of drug-likeness (QED) is 0.676. The van der Waals surface area contributed by atoms with E-state index in [1.54, 1.807) is 14.2 Å². The number of likely N-dealkylation sites (tertiary alicyclic amines) is 1. The van der Waals surface area contributed by atoms with Crippen molar-refractivity contribution in [1.82, 2.24) is 4.90 Å². The molecule has 0 amide bonds. The molecule has 4 heteroatoms. The minimum Gasteiger partial charge on any atom is -0.493 e. The summed E-state index contributed by atoms with van der Waals surface area (Å²) in [6, 6.07) is 14.4. The van der Waals surface area contributed by atoms with Gasteiger partial charge in [0.2, 0.25) is 0 Å². The van der Waals surface area contributed by atoms with E-state index in [2.05, 4.69) is 41.3 Å². The van der Waals surface area contributed by atoms with Crippen molar-refractivity contribution in [1.29, 1.82) is 0 Å². The van der Waals surface area contributed by atoms with Crippen molar-refractivity contribution < 1.29 is 14.3 Å². The minimum atomic E-state index is 0. The van der Waals surface area contributed by atoms with Gasteiger partial charge in [-0.3, -0.25) is 9.69 Å². The second-order valence-electron chi connectivity index (χ2n) is 7.66. The molecule has 2 aliphatic rings. The van der Waals surface area contributed by atoms with Gasteiger partial charge in [0, 0.05) is 24.1 Å². The van der Waals surface area contributed by atoms with Crippen LogP contribution >= 0.6 is 0 Å². The number of hydrogen-bond donors (Lipinski definition) is 0. The van der Waals surface area contributed by atoms with E-state index in [-0.39, 0.29) is 13.2 Å². The minimum absolute atomic E-state index is 0. The number of hydrogen-bond acceptors (Lipinski definition) is 4. The van der Waals surface area contributed by atoms with Gasteiger partial charge in [-0.05, 0) is 55.1 Å². The molecule has 2 aromatic carbocycles. The molecule has 4 rings (SSSR count). The highest BCUT2D eigenvalue weighted by Crippen LogP contribution is 2.37. The zero-order valence-electron chi connectivity index (χ0n) is 16.6. The summed E-state index contributed by atoms with van der Waals surface area (Å²) in [6.07, 6.45) is 5.12. The van der Waals surface area contributed by atoms with Gasteiger partial charge in [0.15, 0.2) is 17.3 Å². The number of Topliss-reactive ketones (excluding diaryl/α,β-unsaturated/α-hetero) is 1. The number of nitrogens with zero attached hydrogens (tertiary/aromatic N) is 1. The van der Waals surface area contributed by atoms with Crippen LogP contribution in [0.5, 0.6) is 11.5 Å². The molecule has 1 saturated heterocycles. The molecule has 0 atom stereocenters. The van der Waals surface area contributed by atoms with Gasteiger partial charge in [-0.1, -0.05) is 43.8 Å². The molecule has 0 saturated carbocycles. The van der Waals surface area contributed by atoms with Crippen molar-refractivity contribution in [2.75, 3.05) is 27.3 Å². The second-order valence-corrected chi connectivity index (χ2v) is 7.66. The van der Waals surface area contributed by atoms with Crippen LogP contribution in [0, 0.1) is 5.92 Å². The van der Waals surface area contributed by atoms with Crippen LogP contribution in [0.25, 0.3) is 0 Å². The Morgan fingerprint density at radius 3 is 2.34 bits per heavy atom. The number of piperidine rings is 1. The number of benzene rings is 2. The fourth-order valence-corrected chi connectivity index (χ4v) is 4.28. The van der Waals surface area contributed by atoms with Crippen LogP contribution in [-0.4, -0.2) is 38.0 Å². The van der Waals surface area contributed by atoms with E-state index in [0.29, 0.717) is 23.8 Å². The highest BCUT2D eigenvalue weighted by Gasteiger charge is 2.28. The lowest BCUT2D eigenvalue weighted by Gasteiger charge is -2.30. The predicted molar refractivity (Wildman–Crippen MR) is 117 cm³/mol. The zero-order valence-corrected chi connectivity index (χ0v) is 16.6. The highest BCUT2D eigenvalue weighted by molar-refractivity contribution is 6.13. The SMILES string of the molecule is C.COc1cc2c(cc1OC)C(=O)C(=CC1CCN(Cc3ccccc3)CC1)C2. The Morgan fingerprint density at radius 2 is 1.69 bits per heavy atom. The van der Waals surface area contributed by atoms with Crippen molar-refractivity contribution in [2.45, 2.75) is 33.2 Å². The zero-order chi connectivity index (χ0) is 19.5. The molecule has 1 heterocycles. The average Bonchev–Trinajstić information content (AvgIpc) is 3.03. The lowest BCUT2D eigenvalue weighted by Crippen LogP contribution is -2.32. The molecular formula is C25H31NO3. The van der Waals surface area contributed by atoms with Crippen molar-refractivity contribution in [3.63, 3.8) is 0 Å². The van der Waals surface area contributed by atoms with Crippen LogP contribution in [0.1, 0.15) is 41.8 Å². The van der Waals surface area contributed by atoms with Gasteiger partial charge in [-0.2, -0.15) is 0 Å². The van der Waals surface area contributed by atoms with Gasteiger partial charge in [-0.25, -0.2) is 0 Å². The Labute approximate surface area is 174 Å². The van der Waals surface area contributed by atoms with Crippen LogP contribution in [-0.2, 0) is 13.0 Å². The molecule has 0 spiro atoms. The molecular weight excluding hydrogens is 362 g/mol. The Hall–Kier alpha value is -2.59. The molecule has 0 N–H and O–H groups in total. The highest BCUT2D eigenvalue weighted by atomic mass is 16.5. The first-order valence-corrected chi connectivity index (χ1v) is 9.94. The first-order chi connectivity index (χ1) is 13.7. The number of carbonyl (C=O) groups is 1. The first-order valence-electron chi connectivity index (χ1n) is 9.94. The number of carbonyl (C=O) groups excluding carboxylic acids is 1. The van der Waals surface area contributed by atoms with Gasteiger partial charge in [0.25, 0.3) is 0 Å². The molecule has 154 valence electrons. The third-order valence-corrected chi connectivity index (χ3v) is 5.84. The van der Waals surface area contributed by atoms with E-state index in [1.165, 1.54) is 5.56 Å². The van der Waals surface area contributed by atoms with Crippen LogP contribution < -0.4 is 9.47 Å². The van der Waals surface area contributed by atoms with E-state index in [4.69, 9.17) is 9.47 Å². The Morgan fingerprint density at radius 1 is 1.03 bits per heavy atom. The van der Waals surface area contributed by atoms with Crippen molar-refractivity contribution in [3.8, 4) is 11.5 Å². The summed E-state index contributed by atoms with van der Waals surface area (Å²) in [4.78, 5) is 15.4. The van der Waals surface area contributed by atoms with Crippen LogP contribution in [0.15, 0.2) is 54.1 Å². The smallest absolute Gasteiger partial charge is 0.189 e. The molecule has 29 heavy (non-hydrogen) atoms. The molecule has 0 unspecified atom stereocenters. The third-order valence-electron chi connectivity index (χ3n) is 5.84. The summed E-state index contributed by atoms with van der Waals surface area (Å²) in [5, 5.41) is 0. The summed E-state index contributed by atoms with van der Waals surface area (Å²) < 4.78 is 10.7. The summed E-state index contributed by atoms with van der Waals surface area (Å²) in [5.41, 5.74) is 4.08. The molecule has 0 aromatic heterocycles. The van der Waals surface area contributed by atoms with Crippen LogP contribution in [0.2, 0.25) is 0 Å². The molecule has 1 fully saturated rings. The van der Waals surface area contributed by atoms with E-state index >= 15 is 0 Å². The molecule has 4 nitrogen and oxygen atoms in total.